The van der Waals surface area contributed by atoms with Crippen LogP contribution in [-0.2, 0) is 4.79 Å². The third-order valence-corrected chi connectivity index (χ3v) is 4.37. The molecule has 0 heterocycles. The van der Waals surface area contributed by atoms with E-state index in [1.165, 1.54) is 19.3 Å². The maximum absolute atomic E-state index is 12.3. The molecule has 0 aromatic carbocycles. The Morgan fingerprint density at radius 1 is 1.12 bits per heavy atom. The van der Waals surface area contributed by atoms with Crippen LogP contribution in [0.2, 0.25) is 0 Å². The van der Waals surface area contributed by atoms with Crippen molar-refractivity contribution in [1.82, 2.24) is 5.32 Å². The van der Waals surface area contributed by atoms with E-state index in [9.17, 15) is 4.79 Å². The lowest BCUT2D eigenvalue weighted by Gasteiger charge is -2.30. The Morgan fingerprint density at radius 2 is 1.75 bits per heavy atom. The van der Waals surface area contributed by atoms with Crippen molar-refractivity contribution in [1.29, 1.82) is 0 Å². The summed E-state index contributed by atoms with van der Waals surface area (Å²) in [6, 6.07) is 0.422. The average molecular weight is 224 g/mol. The van der Waals surface area contributed by atoms with Crippen LogP contribution in [0.15, 0.2) is 0 Å². The van der Waals surface area contributed by atoms with Crippen molar-refractivity contribution in [3.05, 3.63) is 0 Å². The zero-order valence-corrected chi connectivity index (χ0v) is 10.1. The van der Waals surface area contributed by atoms with Crippen LogP contribution >= 0.6 is 0 Å². The van der Waals surface area contributed by atoms with Crippen molar-refractivity contribution in [2.45, 2.75) is 63.8 Å². The fourth-order valence-electron chi connectivity index (χ4n) is 3.16. The predicted molar refractivity (Wildman–Crippen MR) is 65.0 cm³/mol. The molecule has 0 saturated heterocycles. The van der Waals surface area contributed by atoms with Gasteiger partial charge < -0.3 is 11.1 Å². The second-order valence-electron chi connectivity index (χ2n) is 5.50. The van der Waals surface area contributed by atoms with E-state index < -0.39 is 0 Å². The molecule has 16 heavy (non-hydrogen) atoms. The summed E-state index contributed by atoms with van der Waals surface area (Å²) in [7, 11) is 0. The van der Waals surface area contributed by atoms with Crippen LogP contribution in [0.3, 0.4) is 0 Å². The van der Waals surface area contributed by atoms with E-state index in [1.807, 2.05) is 0 Å². The average Bonchev–Trinajstić information content (AvgIpc) is 2.80. The Hall–Kier alpha value is -0.570. The molecule has 0 bridgehead atoms. The normalized spacial score (nSPS) is 25.6. The first kappa shape index (κ1) is 11.9. The van der Waals surface area contributed by atoms with E-state index >= 15 is 0 Å². The highest BCUT2D eigenvalue weighted by molar-refractivity contribution is 5.83. The van der Waals surface area contributed by atoms with Gasteiger partial charge in [0.15, 0.2) is 0 Å². The molecule has 2 fully saturated rings. The molecule has 0 radical (unpaired) electrons. The van der Waals surface area contributed by atoms with Crippen LogP contribution in [0.4, 0.5) is 0 Å². The van der Waals surface area contributed by atoms with Gasteiger partial charge >= 0.3 is 0 Å². The molecular weight excluding hydrogens is 200 g/mol. The first-order chi connectivity index (χ1) is 7.77. The van der Waals surface area contributed by atoms with Gasteiger partial charge in [0.2, 0.25) is 5.91 Å². The summed E-state index contributed by atoms with van der Waals surface area (Å²) in [5, 5.41) is 3.23. The Kier molecular flexibility index (Phi) is 3.85. The molecule has 0 atom stereocenters. The van der Waals surface area contributed by atoms with E-state index in [2.05, 4.69) is 5.32 Å². The quantitative estimate of drug-likeness (QED) is 0.770. The largest absolute Gasteiger partial charge is 0.353 e. The van der Waals surface area contributed by atoms with Crippen molar-refractivity contribution in [2.75, 3.05) is 6.54 Å². The number of carbonyl (C=O) groups excluding carboxylic acids is 1. The summed E-state index contributed by atoms with van der Waals surface area (Å²) in [6.45, 7) is 0.519. The van der Waals surface area contributed by atoms with E-state index in [-0.39, 0.29) is 11.3 Å². The van der Waals surface area contributed by atoms with Crippen LogP contribution < -0.4 is 11.1 Å². The van der Waals surface area contributed by atoms with Gasteiger partial charge in [0, 0.05) is 12.6 Å². The second kappa shape index (κ2) is 5.17. The van der Waals surface area contributed by atoms with Gasteiger partial charge in [0.05, 0.1) is 5.41 Å². The van der Waals surface area contributed by atoms with Crippen LogP contribution in [0.1, 0.15) is 57.8 Å². The number of nitrogens with two attached hydrogens (primary N) is 1. The highest BCUT2D eigenvalue weighted by Crippen LogP contribution is 2.37. The van der Waals surface area contributed by atoms with Crippen molar-refractivity contribution in [2.24, 2.45) is 11.1 Å². The number of hydrogen-bond acceptors (Lipinski definition) is 2. The molecule has 0 aromatic rings. The lowest BCUT2D eigenvalue weighted by atomic mass is 9.84. The van der Waals surface area contributed by atoms with Crippen LogP contribution in [0.5, 0.6) is 0 Å². The topological polar surface area (TPSA) is 55.1 Å². The molecule has 3 N–H and O–H groups in total. The Morgan fingerprint density at radius 3 is 2.31 bits per heavy atom. The fraction of sp³-hybridized carbons (Fsp3) is 0.923. The number of hydrogen-bond donors (Lipinski definition) is 2. The molecule has 0 aromatic heterocycles. The van der Waals surface area contributed by atoms with Crippen LogP contribution in [-0.4, -0.2) is 18.5 Å². The molecule has 0 aliphatic heterocycles. The molecule has 1 amide bonds. The predicted octanol–water partition coefficient (Wildman–Crippen LogP) is 1.95. The SMILES string of the molecule is NCC1(C(=O)NC2CCCCC2)CCCC1. The maximum Gasteiger partial charge on any atom is 0.227 e. The van der Waals surface area contributed by atoms with E-state index in [1.54, 1.807) is 0 Å². The molecule has 2 aliphatic carbocycles. The molecule has 3 heteroatoms. The minimum Gasteiger partial charge on any atom is -0.353 e. The summed E-state index contributed by atoms with van der Waals surface area (Å²) < 4.78 is 0. The first-order valence-electron chi connectivity index (χ1n) is 6.78. The summed E-state index contributed by atoms with van der Waals surface area (Å²) in [5.41, 5.74) is 5.59. The molecule has 2 aliphatic rings. The van der Waals surface area contributed by atoms with Crippen LogP contribution in [0.25, 0.3) is 0 Å². The standard InChI is InChI=1S/C13H24N2O/c14-10-13(8-4-5-9-13)12(16)15-11-6-2-1-3-7-11/h11H,1-10,14H2,(H,15,16). The summed E-state index contributed by atoms with van der Waals surface area (Å²) >= 11 is 0. The van der Waals surface area contributed by atoms with Gasteiger partial charge in [-0.1, -0.05) is 32.1 Å². The molecule has 0 unspecified atom stereocenters. The van der Waals surface area contributed by atoms with Gasteiger partial charge in [-0.05, 0) is 25.7 Å². The van der Waals surface area contributed by atoms with Gasteiger partial charge in [-0.2, -0.15) is 0 Å². The number of nitrogens with one attached hydrogen (secondary N) is 1. The fourth-order valence-corrected chi connectivity index (χ4v) is 3.16. The molecule has 2 rings (SSSR count). The highest BCUT2D eigenvalue weighted by Gasteiger charge is 2.40. The van der Waals surface area contributed by atoms with Crippen molar-refractivity contribution >= 4 is 5.91 Å². The monoisotopic (exact) mass is 224 g/mol. The van der Waals surface area contributed by atoms with Gasteiger partial charge in [-0.3, -0.25) is 4.79 Å². The number of rotatable bonds is 3. The first-order valence-corrected chi connectivity index (χ1v) is 6.78. The van der Waals surface area contributed by atoms with Crippen molar-refractivity contribution in [3.63, 3.8) is 0 Å². The number of amides is 1. The highest BCUT2D eigenvalue weighted by atomic mass is 16.2. The zero-order chi connectivity index (χ0) is 11.4. The van der Waals surface area contributed by atoms with Gasteiger partial charge in [0.1, 0.15) is 0 Å². The summed E-state index contributed by atoms with van der Waals surface area (Å²) in [6.07, 6.45) is 10.5. The maximum atomic E-state index is 12.3. The third kappa shape index (κ3) is 2.40. The Balaban J connectivity index is 1.90. The smallest absolute Gasteiger partial charge is 0.227 e. The Bertz CT molecular complexity index is 240. The van der Waals surface area contributed by atoms with Gasteiger partial charge in [-0.25, -0.2) is 0 Å². The lowest BCUT2D eigenvalue weighted by molar-refractivity contribution is -0.131. The van der Waals surface area contributed by atoms with Gasteiger partial charge in [-0.15, -0.1) is 0 Å². The van der Waals surface area contributed by atoms with E-state index in [0.29, 0.717) is 12.6 Å². The summed E-state index contributed by atoms with van der Waals surface area (Å²) in [5.74, 6) is 0.236. The molecule has 0 spiro atoms. The molecular formula is C13H24N2O. The summed E-state index contributed by atoms with van der Waals surface area (Å²) in [4.78, 5) is 12.3. The van der Waals surface area contributed by atoms with Crippen LogP contribution in [0, 0.1) is 5.41 Å². The molecule has 92 valence electrons. The lowest BCUT2D eigenvalue weighted by Crippen LogP contribution is -2.48. The zero-order valence-electron chi connectivity index (χ0n) is 10.1. The molecule has 2 saturated carbocycles. The van der Waals surface area contributed by atoms with E-state index in [4.69, 9.17) is 5.73 Å². The minimum atomic E-state index is -0.225. The minimum absolute atomic E-state index is 0.225. The second-order valence-corrected chi connectivity index (χ2v) is 5.50. The Labute approximate surface area is 98.2 Å². The van der Waals surface area contributed by atoms with Gasteiger partial charge in [0.25, 0.3) is 0 Å². The number of carbonyl (C=O) groups is 1. The molecule has 3 nitrogen and oxygen atoms in total. The van der Waals surface area contributed by atoms with Crippen molar-refractivity contribution < 1.29 is 4.79 Å². The van der Waals surface area contributed by atoms with Crippen molar-refractivity contribution in [3.8, 4) is 0 Å². The van der Waals surface area contributed by atoms with E-state index in [0.717, 1.165) is 38.5 Å². The third-order valence-electron chi connectivity index (χ3n) is 4.37.